The van der Waals surface area contributed by atoms with Crippen molar-refractivity contribution in [1.29, 1.82) is 0 Å². The Labute approximate surface area is 213 Å². The molecule has 1 atom stereocenters. The third-order valence-electron chi connectivity index (χ3n) is 6.51. The van der Waals surface area contributed by atoms with Gasteiger partial charge in [-0.15, -0.1) is 0 Å². The van der Waals surface area contributed by atoms with Crippen LogP contribution in [0.1, 0.15) is 22.3 Å². The minimum Gasteiger partial charge on any atom is -0.0860 e. The first-order chi connectivity index (χ1) is 17.3. The van der Waals surface area contributed by atoms with Crippen molar-refractivity contribution in [2.24, 2.45) is 0 Å². The highest BCUT2D eigenvalue weighted by atomic mass is 31.1. The second-order valence-corrected chi connectivity index (χ2v) is 13.7. The van der Waals surface area contributed by atoms with Crippen molar-refractivity contribution in [3.05, 3.63) is 167 Å². The summed E-state index contributed by atoms with van der Waals surface area (Å²) in [4.78, 5) is 0. The Morgan fingerprint density at radius 1 is 0.457 bits per heavy atom. The van der Waals surface area contributed by atoms with Gasteiger partial charge in [-0.2, -0.15) is 0 Å². The monoisotopic (exact) mass is 490 g/mol. The fourth-order valence-electron chi connectivity index (χ4n) is 4.79. The fourth-order valence-corrected chi connectivity index (χ4v) is 11.0. The van der Waals surface area contributed by atoms with E-state index in [2.05, 4.69) is 140 Å². The Morgan fingerprint density at radius 3 is 1.23 bits per heavy atom. The normalized spacial score (nSPS) is 15.0. The molecule has 0 spiro atoms. The van der Waals surface area contributed by atoms with Gasteiger partial charge < -0.3 is 0 Å². The molecule has 0 nitrogen and oxygen atoms in total. The molecule has 4 aromatic rings. The zero-order valence-electron chi connectivity index (χ0n) is 20.1. The van der Waals surface area contributed by atoms with E-state index in [1.54, 1.807) is 5.31 Å². The maximum atomic E-state index is 2.51. The summed E-state index contributed by atoms with van der Waals surface area (Å²) in [6.45, 7) is 0. The predicted octanol–water partition coefficient (Wildman–Crippen LogP) is 9.57. The third kappa shape index (κ3) is 6.67. The van der Waals surface area contributed by atoms with E-state index in [1.807, 2.05) is 0 Å². The average Bonchev–Trinajstić information content (AvgIpc) is 3.40. The molecule has 0 heterocycles. The first kappa shape index (κ1) is 23.9. The maximum Gasteiger partial charge on any atom is 0.0234 e. The van der Waals surface area contributed by atoms with Gasteiger partial charge in [0, 0.05) is 5.66 Å². The molecule has 0 aromatic heterocycles. The molecule has 1 unspecified atom stereocenters. The maximum absolute atomic E-state index is 2.51. The molecule has 1 aliphatic rings. The van der Waals surface area contributed by atoms with Crippen LogP contribution in [0.25, 0.3) is 0 Å². The van der Waals surface area contributed by atoms with Crippen LogP contribution in [-0.2, 0) is 24.6 Å². The van der Waals surface area contributed by atoms with Crippen molar-refractivity contribution in [2.75, 3.05) is 0 Å². The van der Waals surface area contributed by atoms with Crippen LogP contribution in [0.3, 0.4) is 0 Å². The lowest BCUT2D eigenvalue weighted by Crippen LogP contribution is -2.08. The number of hydrogen-bond acceptors (Lipinski definition) is 0. The van der Waals surface area contributed by atoms with Gasteiger partial charge in [-0.05, 0) is 52.2 Å². The predicted molar refractivity (Wildman–Crippen MR) is 155 cm³/mol. The Bertz CT molecular complexity index is 1150. The van der Waals surface area contributed by atoms with Gasteiger partial charge in [0.25, 0.3) is 0 Å². The van der Waals surface area contributed by atoms with Gasteiger partial charge in [-0.3, -0.25) is 0 Å². The minimum atomic E-state index is -0.321. The molecule has 5 rings (SSSR count). The van der Waals surface area contributed by atoms with Gasteiger partial charge in [0.2, 0.25) is 0 Å². The van der Waals surface area contributed by atoms with Gasteiger partial charge in [0.05, 0.1) is 0 Å². The topological polar surface area (TPSA) is 0 Å². The van der Waals surface area contributed by atoms with Crippen LogP contribution in [0.15, 0.2) is 145 Å². The first-order valence-corrected chi connectivity index (χ1v) is 15.9. The second kappa shape index (κ2) is 12.3. The fraction of sp³-hybridized carbons (Fsp3) is 0.152. The molecular weight excluding hydrogens is 458 g/mol. The van der Waals surface area contributed by atoms with E-state index >= 15 is 0 Å². The summed E-state index contributed by atoms with van der Waals surface area (Å²) < 4.78 is 0. The highest BCUT2D eigenvalue weighted by Gasteiger charge is 2.30. The van der Waals surface area contributed by atoms with Crippen LogP contribution in [0.2, 0.25) is 0 Å². The van der Waals surface area contributed by atoms with Gasteiger partial charge in [0.15, 0.2) is 0 Å². The molecule has 1 aliphatic carbocycles. The summed E-state index contributed by atoms with van der Waals surface area (Å²) in [6.07, 6.45) is 11.9. The molecular formula is C33H32P2. The van der Waals surface area contributed by atoms with Crippen LogP contribution in [0.5, 0.6) is 0 Å². The summed E-state index contributed by atoms with van der Waals surface area (Å²) in [5, 5.41) is 1.69. The Kier molecular flexibility index (Phi) is 8.39. The largest absolute Gasteiger partial charge is 0.0860 e. The van der Waals surface area contributed by atoms with Crippen LogP contribution in [-0.4, -0.2) is 5.66 Å². The van der Waals surface area contributed by atoms with Crippen molar-refractivity contribution in [2.45, 2.75) is 30.3 Å². The molecule has 0 bridgehead atoms. The van der Waals surface area contributed by atoms with Crippen LogP contribution in [0, 0.1) is 0 Å². The summed E-state index contributed by atoms with van der Waals surface area (Å²) in [5.41, 5.74) is 6.38. The highest BCUT2D eigenvalue weighted by Crippen LogP contribution is 2.62. The Morgan fingerprint density at radius 2 is 0.829 bits per heavy atom. The molecule has 0 fully saturated rings. The lowest BCUT2D eigenvalue weighted by molar-refractivity contribution is 1.23. The molecule has 0 amide bonds. The zero-order chi connectivity index (χ0) is 23.7. The van der Waals surface area contributed by atoms with Gasteiger partial charge in [-0.25, -0.2) is 0 Å². The second-order valence-electron chi connectivity index (χ2n) is 9.12. The number of hydrogen-bond donors (Lipinski definition) is 0. The zero-order valence-corrected chi connectivity index (χ0v) is 21.9. The Balaban J connectivity index is 1.45. The third-order valence-corrected chi connectivity index (χ3v) is 12.1. The highest BCUT2D eigenvalue weighted by molar-refractivity contribution is 7.64. The van der Waals surface area contributed by atoms with Crippen LogP contribution >= 0.6 is 15.8 Å². The molecule has 35 heavy (non-hydrogen) atoms. The van der Waals surface area contributed by atoms with Crippen LogP contribution < -0.4 is 0 Å². The van der Waals surface area contributed by atoms with E-state index in [0.29, 0.717) is 5.66 Å². The van der Waals surface area contributed by atoms with Crippen LogP contribution in [0.4, 0.5) is 0 Å². The number of allylic oxidation sites excluding steroid dienone is 4. The van der Waals surface area contributed by atoms with Crippen molar-refractivity contribution < 1.29 is 0 Å². The van der Waals surface area contributed by atoms with Crippen molar-refractivity contribution in [3.63, 3.8) is 0 Å². The minimum absolute atomic E-state index is 0.274. The molecule has 0 saturated carbocycles. The molecule has 0 saturated heterocycles. The van der Waals surface area contributed by atoms with Crippen molar-refractivity contribution >= 4 is 15.8 Å². The molecule has 2 heteroatoms. The van der Waals surface area contributed by atoms with Gasteiger partial charge in [0.1, 0.15) is 0 Å². The van der Waals surface area contributed by atoms with E-state index in [4.69, 9.17) is 0 Å². The summed E-state index contributed by atoms with van der Waals surface area (Å²) in [7, 11) is -0.595. The Hall–Kier alpha value is -2.78. The lowest BCUT2D eigenvalue weighted by atomic mass is 10.2. The van der Waals surface area contributed by atoms with Gasteiger partial charge in [-0.1, -0.05) is 155 Å². The van der Waals surface area contributed by atoms with Crippen molar-refractivity contribution in [3.8, 4) is 0 Å². The van der Waals surface area contributed by atoms with E-state index < -0.39 is 0 Å². The number of benzene rings is 4. The average molecular weight is 491 g/mol. The van der Waals surface area contributed by atoms with Gasteiger partial charge >= 0.3 is 0 Å². The standard InChI is InChI=1S/C33H32P2/c1-5-14-28(15-6-1)24-34(25-29-16-7-2-8-17-29)32-22-13-23-33(32)35(26-30-18-9-3-10-19-30)27-31-20-11-4-12-21-31/h1-23,32H,24-27H2. The smallest absolute Gasteiger partial charge is 0.0234 e. The first-order valence-electron chi connectivity index (χ1n) is 12.4. The van der Waals surface area contributed by atoms with E-state index in [1.165, 1.54) is 22.3 Å². The molecule has 0 aliphatic heterocycles. The quantitative estimate of drug-likeness (QED) is 0.194. The molecule has 0 radical (unpaired) electrons. The van der Waals surface area contributed by atoms with Crippen molar-refractivity contribution in [1.82, 2.24) is 0 Å². The lowest BCUT2D eigenvalue weighted by Gasteiger charge is -2.31. The number of rotatable bonds is 10. The summed E-state index contributed by atoms with van der Waals surface area (Å²) >= 11 is 0. The summed E-state index contributed by atoms with van der Waals surface area (Å²) in [5.74, 6) is 0. The van der Waals surface area contributed by atoms with E-state index in [0.717, 1.165) is 24.6 Å². The molecule has 174 valence electrons. The SMILES string of the molecule is C1=CC(P(Cc2ccccc2)Cc2ccccc2)C(P(Cc2ccccc2)Cc2ccccc2)=C1. The molecule has 0 N–H and O–H groups in total. The van der Waals surface area contributed by atoms with E-state index in [-0.39, 0.29) is 15.8 Å². The summed E-state index contributed by atoms with van der Waals surface area (Å²) in [6, 6.07) is 44.4. The van der Waals surface area contributed by atoms with E-state index in [9.17, 15) is 0 Å². The molecule has 4 aromatic carbocycles.